The lowest BCUT2D eigenvalue weighted by atomic mass is 9.76. The van der Waals surface area contributed by atoms with E-state index in [-0.39, 0.29) is 24.4 Å². The third-order valence-electron chi connectivity index (χ3n) is 3.63. The summed E-state index contributed by atoms with van der Waals surface area (Å²) in [5, 5.41) is 11.3. The highest BCUT2D eigenvalue weighted by Crippen LogP contribution is 2.34. The molecule has 0 spiro atoms. The van der Waals surface area contributed by atoms with Crippen molar-refractivity contribution in [3.8, 4) is 0 Å². The first-order valence-corrected chi connectivity index (χ1v) is 6.66. The van der Waals surface area contributed by atoms with Crippen molar-refractivity contribution in [1.82, 2.24) is 0 Å². The number of hydrogen-bond donors (Lipinski definition) is 2. The molecule has 0 aliphatic carbocycles. The Balaban J connectivity index is 0.00000200. The lowest BCUT2D eigenvalue weighted by Gasteiger charge is -2.37. The average molecular weight is 292 g/mol. The van der Waals surface area contributed by atoms with Crippen molar-refractivity contribution in [2.75, 3.05) is 0 Å². The topological polar surface area (TPSA) is 46.2 Å². The lowest BCUT2D eigenvalue weighted by Crippen LogP contribution is -2.49. The average Bonchev–Trinajstić information content (AvgIpc) is 2.47. The molecule has 108 valence electrons. The first kappa shape index (κ1) is 16.7. The van der Waals surface area contributed by atoms with Gasteiger partial charge in [-0.15, -0.1) is 12.4 Å². The zero-order chi connectivity index (χ0) is 13.9. The van der Waals surface area contributed by atoms with Crippen LogP contribution < -0.4 is 5.73 Å². The number of benzene rings is 2. The van der Waals surface area contributed by atoms with Gasteiger partial charge in [-0.1, -0.05) is 74.5 Å². The van der Waals surface area contributed by atoms with Gasteiger partial charge in [0.2, 0.25) is 0 Å². The third-order valence-corrected chi connectivity index (χ3v) is 3.63. The number of halogens is 1. The Labute approximate surface area is 127 Å². The van der Waals surface area contributed by atoms with E-state index in [1.807, 2.05) is 74.5 Å². The van der Waals surface area contributed by atoms with E-state index in [0.717, 1.165) is 11.1 Å². The summed E-state index contributed by atoms with van der Waals surface area (Å²) >= 11 is 0. The Morgan fingerprint density at radius 2 is 1.20 bits per heavy atom. The molecule has 0 aliphatic heterocycles. The minimum Gasteiger partial charge on any atom is -0.379 e. The summed E-state index contributed by atoms with van der Waals surface area (Å²) in [6.45, 7) is 4.06. The van der Waals surface area contributed by atoms with E-state index in [0.29, 0.717) is 0 Å². The standard InChI is InChI=1S/C17H21NO.ClH/c1-13(2)16(18)17(19,14-9-5-3-6-10-14)15-11-7-4-8-12-15;/h3-13,16,19H,18H2,1-2H3;1H/t16-;/m0./s1. The van der Waals surface area contributed by atoms with Gasteiger partial charge in [0.25, 0.3) is 0 Å². The second-order valence-electron chi connectivity index (χ2n) is 5.27. The summed E-state index contributed by atoms with van der Waals surface area (Å²) < 4.78 is 0. The molecule has 0 fully saturated rings. The number of aliphatic hydroxyl groups is 1. The van der Waals surface area contributed by atoms with Crippen LogP contribution in [0.15, 0.2) is 60.7 Å². The van der Waals surface area contributed by atoms with Crippen LogP contribution >= 0.6 is 12.4 Å². The third kappa shape index (κ3) is 3.04. The molecule has 3 heteroatoms. The van der Waals surface area contributed by atoms with Crippen molar-refractivity contribution < 1.29 is 5.11 Å². The van der Waals surface area contributed by atoms with Crippen LogP contribution in [-0.2, 0) is 5.60 Å². The smallest absolute Gasteiger partial charge is 0.130 e. The van der Waals surface area contributed by atoms with Crippen molar-refractivity contribution in [3.05, 3.63) is 71.8 Å². The van der Waals surface area contributed by atoms with Gasteiger partial charge in [-0.25, -0.2) is 0 Å². The molecule has 0 heterocycles. The van der Waals surface area contributed by atoms with E-state index in [2.05, 4.69) is 0 Å². The largest absolute Gasteiger partial charge is 0.379 e. The molecule has 2 nitrogen and oxygen atoms in total. The molecule has 0 aromatic heterocycles. The Bertz CT molecular complexity index is 474. The lowest BCUT2D eigenvalue weighted by molar-refractivity contribution is 0.0353. The number of nitrogens with two attached hydrogens (primary N) is 1. The molecule has 0 amide bonds. The van der Waals surface area contributed by atoms with Gasteiger partial charge in [0, 0.05) is 6.04 Å². The van der Waals surface area contributed by atoms with E-state index in [4.69, 9.17) is 5.73 Å². The highest BCUT2D eigenvalue weighted by atomic mass is 35.5. The normalized spacial score (nSPS) is 12.8. The summed E-state index contributed by atoms with van der Waals surface area (Å²) in [7, 11) is 0. The summed E-state index contributed by atoms with van der Waals surface area (Å²) in [4.78, 5) is 0. The Morgan fingerprint density at radius 3 is 1.50 bits per heavy atom. The number of rotatable bonds is 4. The van der Waals surface area contributed by atoms with E-state index >= 15 is 0 Å². The van der Waals surface area contributed by atoms with Crippen LogP contribution in [0, 0.1) is 5.92 Å². The summed E-state index contributed by atoms with van der Waals surface area (Å²) in [5.74, 6) is 0.172. The SMILES string of the molecule is CC(C)[C@H](N)C(O)(c1ccccc1)c1ccccc1.Cl. The van der Waals surface area contributed by atoms with E-state index in [1.54, 1.807) is 0 Å². The highest BCUT2D eigenvalue weighted by Gasteiger charge is 2.39. The van der Waals surface area contributed by atoms with Crippen molar-refractivity contribution in [3.63, 3.8) is 0 Å². The first-order valence-electron chi connectivity index (χ1n) is 6.66. The monoisotopic (exact) mass is 291 g/mol. The van der Waals surface area contributed by atoms with Gasteiger partial charge < -0.3 is 10.8 Å². The molecule has 0 saturated heterocycles. The molecule has 2 aromatic carbocycles. The predicted octanol–water partition coefficient (Wildman–Crippen LogP) is 3.33. The van der Waals surface area contributed by atoms with E-state index < -0.39 is 5.60 Å². The molecule has 2 rings (SSSR count). The predicted molar refractivity (Wildman–Crippen MR) is 85.9 cm³/mol. The zero-order valence-corrected chi connectivity index (χ0v) is 12.7. The van der Waals surface area contributed by atoms with Crippen LogP contribution in [0.25, 0.3) is 0 Å². The van der Waals surface area contributed by atoms with Gasteiger partial charge >= 0.3 is 0 Å². The molecule has 0 aliphatic rings. The van der Waals surface area contributed by atoms with Gasteiger partial charge in [0.15, 0.2) is 0 Å². The van der Waals surface area contributed by atoms with Crippen LogP contribution in [0.1, 0.15) is 25.0 Å². The quantitative estimate of drug-likeness (QED) is 0.908. The van der Waals surface area contributed by atoms with Crippen LogP contribution in [0.3, 0.4) is 0 Å². The second-order valence-corrected chi connectivity index (χ2v) is 5.27. The van der Waals surface area contributed by atoms with Crippen molar-refractivity contribution in [1.29, 1.82) is 0 Å². The first-order chi connectivity index (χ1) is 9.06. The molecule has 3 N–H and O–H groups in total. The van der Waals surface area contributed by atoms with Gasteiger partial charge in [-0.3, -0.25) is 0 Å². The fourth-order valence-corrected chi connectivity index (χ4v) is 2.42. The molecule has 0 bridgehead atoms. The summed E-state index contributed by atoms with van der Waals surface area (Å²) in [6, 6.07) is 18.9. The fraction of sp³-hybridized carbons (Fsp3) is 0.294. The van der Waals surface area contributed by atoms with Crippen molar-refractivity contribution in [2.24, 2.45) is 11.7 Å². The molecular formula is C17H22ClNO. The molecular weight excluding hydrogens is 270 g/mol. The van der Waals surface area contributed by atoms with Crippen LogP contribution in [-0.4, -0.2) is 11.1 Å². The van der Waals surface area contributed by atoms with Gasteiger partial charge in [-0.2, -0.15) is 0 Å². The van der Waals surface area contributed by atoms with Gasteiger partial charge in [0.05, 0.1) is 0 Å². The zero-order valence-electron chi connectivity index (χ0n) is 11.9. The minimum atomic E-state index is -1.16. The van der Waals surface area contributed by atoms with Crippen molar-refractivity contribution in [2.45, 2.75) is 25.5 Å². The van der Waals surface area contributed by atoms with Crippen molar-refractivity contribution >= 4 is 12.4 Å². The van der Waals surface area contributed by atoms with E-state index in [1.165, 1.54) is 0 Å². The van der Waals surface area contributed by atoms with Crippen LogP contribution in [0.5, 0.6) is 0 Å². The fourth-order valence-electron chi connectivity index (χ4n) is 2.42. The maximum atomic E-state index is 11.3. The Morgan fingerprint density at radius 1 is 0.850 bits per heavy atom. The molecule has 20 heavy (non-hydrogen) atoms. The Kier molecular flexibility index (Phi) is 5.75. The molecule has 2 aromatic rings. The molecule has 1 atom stereocenters. The van der Waals surface area contributed by atoms with Gasteiger partial charge in [0.1, 0.15) is 5.60 Å². The highest BCUT2D eigenvalue weighted by molar-refractivity contribution is 5.85. The van der Waals surface area contributed by atoms with Crippen LogP contribution in [0.4, 0.5) is 0 Å². The minimum absolute atomic E-state index is 0. The maximum Gasteiger partial charge on any atom is 0.130 e. The second kappa shape index (κ2) is 6.89. The van der Waals surface area contributed by atoms with Crippen LogP contribution in [0.2, 0.25) is 0 Å². The molecule has 0 radical (unpaired) electrons. The molecule has 0 saturated carbocycles. The molecule has 0 unspecified atom stereocenters. The summed E-state index contributed by atoms with van der Waals surface area (Å²) in [5.41, 5.74) is 6.82. The summed E-state index contributed by atoms with van der Waals surface area (Å²) in [6.07, 6.45) is 0. The maximum absolute atomic E-state index is 11.3. The van der Waals surface area contributed by atoms with E-state index in [9.17, 15) is 5.11 Å². The van der Waals surface area contributed by atoms with Gasteiger partial charge in [-0.05, 0) is 17.0 Å². The Hall–Kier alpha value is -1.35. The number of hydrogen-bond acceptors (Lipinski definition) is 2.